The summed E-state index contributed by atoms with van der Waals surface area (Å²) in [6.07, 6.45) is -3.78. The second-order valence-electron chi connectivity index (χ2n) is 8.28. The average Bonchev–Trinajstić information content (AvgIpc) is 2.86. The number of nitrogens with one attached hydrogen (secondary N) is 1. The minimum absolute atomic E-state index is 0.127. The summed E-state index contributed by atoms with van der Waals surface area (Å²) in [6, 6.07) is 12.0. The van der Waals surface area contributed by atoms with Crippen LogP contribution in [0.4, 0.5) is 19.0 Å². The van der Waals surface area contributed by atoms with Gasteiger partial charge in [-0.2, -0.15) is 13.2 Å². The number of fused-ring (bicyclic) bond motifs is 1. The summed E-state index contributed by atoms with van der Waals surface area (Å²) >= 11 is 0. The number of amides is 1. The first-order valence-electron chi connectivity index (χ1n) is 11.5. The number of para-hydroxylation sites is 2. The van der Waals surface area contributed by atoms with Crippen LogP contribution in [0.25, 0.3) is 11.0 Å². The predicted octanol–water partition coefficient (Wildman–Crippen LogP) is 4.59. The van der Waals surface area contributed by atoms with Crippen molar-refractivity contribution < 1.29 is 27.4 Å². The Morgan fingerprint density at radius 2 is 1.77 bits per heavy atom. The molecule has 7 nitrogen and oxygen atoms in total. The number of anilines is 1. The summed E-state index contributed by atoms with van der Waals surface area (Å²) in [4.78, 5) is 22.4. The number of hydrogen-bond acceptors (Lipinski definition) is 6. The zero-order chi connectivity index (χ0) is 25.0. The lowest BCUT2D eigenvalue weighted by Gasteiger charge is -2.33. The van der Waals surface area contributed by atoms with Crippen LogP contribution in [0.2, 0.25) is 0 Å². The van der Waals surface area contributed by atoms with Crippen LogP contribution in [-0.4, -0.2) is 42.7 Å². The first kappa shape index (κ1) is 24.6. The van der Waals surface area contributed by atoms with Gasteiger partial charge in [0.15, 0.2) is 23.0 Å². The molecule has 0 atom stereocenters. The Morgan fingerprint density at radius 1 is 1.09 bits per heavy atom. The van der Waals surface area contributed by atoms with Crippen molar-refractivity contribution in [2.45, 2.75) is 32.5 Å². The Labute approximate surface area is 201 Å². The van der Waals surface area contributed by atoms with E-state index in [0.717, 1.165) is 5.56 Å². The van der Waals surface area contributed by atoms with E-state index in [1.54, 1.807) is 36.3 Å². The number of ether oxygens (including phenoxy) is 2. The number of carbonyl (C=O) groups is 1. The maximum absolute atomic E-state index is 13.7. The molecule has 4 rings (SSSR count). The van der Waals surface area contributed by atoms with Gasteiger partial charge in [0.25, 0.3) is 0 Å². The van der Waals surface area contributed by atoms with E-state index in [9.17, 15) is 18.0 Å². The average molecular weight is 489 g/mol. The Balaban J connectivity index is 1.40. The van der Waals surface area contributed by atoms with E-state index >= 15 is 0 Å². The number of methoxy groups -OCH3 is 1. The van der Waals surface area contributed by atoms with Gasteiger partial charge in [0, 0.05) is 25.6 Å². The van der Waals surface area contributed by atoms with E-state index < -0.39 is 11.9 Å². The van der Waals surface area contributed by atoms with Crippen LogP contribution < -0.4 is 19.7 Å². The van der Waals surface area contributed by atoms with Crippen LogP contribution in [0.3, 0.4) is 0 Å². The van der Waals surface area contributed by atoms with Gasteiger partial charge >= 0.3 is 6.18 Å². The molecule has 1 saturated heterocycles. The van der Waals surface area contributed by atoms with E-state index in [-0.39, 0.29) is 36.2 Å². The molecule has 0 saturated carbocycles. The van der Waals surface area contributed by atoms with Crippen molar-refractivity contribution in [3.8, 4) is 11.5 Å². The fourth-order valence-corrected chi connectivity index (χ4v) is 4.19. The summed E-state index contributed by atoms with van der Waals surface area (Å²) in [5.41, 5.74) is 0.464. The van der Waals surface area contributed by atoms with Crippen molar-refractivity contribution in [3.63, 3.8) is 0 Å². The number of rotatable bonds is 7. The minimum atomic E-state index is -4.63. The van der Waals surface area contributed by atoms with Gasteiger partial charge in [0.1, 0.15) is 0 Å². The van der Waals surface area contributed by atoms with Crippen LogP contribution in [-0.2, 0) is 17.5 Å². The van der Waals surface area contributed by atoms with E-state index in [4.69, 9.17) is 9.47 Å². The Kier molecular flexibility index (Phi) is 7.28. The molecule has 3 aromatic rings. The van der Waals surface area contributed by atoms with Crippen molar-refractivity contribution in [3.05, 3.63) is 53.7 Å². The van der Waals surface area contributed by atoms with Crippen LogP contribution >= 0.6 is 0 Å². The van der Waals surface area contributed by atoms with Crippen molar-refractivity contribution in [2.75, 3.05) is 31.7 Å². The van der Waals surface area contributed by atoms with Crippen molar-refractivity contribution in [1.82, 2.24) is 15.3 Å². The van der Waals surface area contributed by atoms with Gasteiger partial charge in [-0.05, 0) is 49.6 Å². The van der Waals surface area contributed by atoms with Crippen LogP contribution in [0.5, 0.6) is 11.5 Å². The first-order valence-corrected chi connectivity index (χ1v) is 11.5. The molecule has 1 aliphatic heterocycles. The lowest BCUT2D eigenvalue weighted by Crippen LogP contribution is -2.41. The highest BCUT2D eigenvalue weighted by atomic mass is 19.4. The third-order valence-corrected chi connectivity index (χ3v) is 5.98. The van der Waals surface area contributed by atoms with Gasteiger partial charge < -0.3 is 19.7 Å². The highest BCUT2D eigenvalue weighted by molar-refractivity contribution is 5.79. The van der Waals surface area contributed by atoms with Crippen LogP contribution in [0.1, 0.15) is 31.0 Å². The lowest BCUT2D eigenvalue weighted by atomic mass is 9.95. The molecule has 0 spiro atoms. The van der Waals surface area contributed by atoms with Crippen molar-refractivity contribution in [1.29, 1.82) is 0 Å². The largest absolute Gasteiger partial charge is 0.493 e. The molecule has 35 heavy (non-hydrogen) atoms. The molecule has 0 aliphatic carbocycles. The fourth-order valence-electron chi connectivity index (χ4n) is 4.19. The standard InChI is InChI=1S/C25H27F3N4O3/c1-3-35-20-9-8-16(14-21(20)34-2)15-29-24(33)17-10-12-32(13-11-17)23-22(25(26,27)28)30-18-6-4-5-7-19(18)31-23/h4-9,14,17H,3,10-13,15H2,1-2H3,(H,29,33). The highest BCUT2D eigenvalue weighted by Gasteiger charge is 2.39. The Hall–Kier alpha value is -3.56. The Bertz CT molecular complexity index is 1190. The predicted molar refractivity (Wildman–Crippen MR) is 125 cm³/mol. The molecule has 2 aromatic carbocycles. The summed E-state index contributed by atoms with van der Waals surface area (Å²) in [6.45, 7) is 3.28. The smallest absolute Gasteiger partial charge is 0.437 e. The second-order valence-corrected chi connectivity index (χ2v) is 8.28. The van der Waals surface area contributed by atoms with Crippen molar-refractivity contribution in [2.24, 2.45) is 5.92 Å². The minimum Gasteiger partial charge on any atom is -0.493 e. The molecule has 1 aliphatic rings. The van der Waals surface area contributed by atoms with Gasteiger partial charge in [-0.3, -0.25) is 4.79 Å². The van der Waals surface area contributed by atoms with Gasteiger partial charge in [0.2, 0.25) is 5.91 Å². The van der Waals surface area contributed by atoms with E-state index in [0.29, 0.717) is 43.0 Å². The van der Waals surface area contributed by atoms with Gasteiger partial charge in [-0.15, -0.1) is 0 Å². The quantitative estimate of drug-likeness (QED) is 0.524. The maximum Gasteiger partial charge on any atom is 0.437 e. The molecule has 1 fully saturated rings. The number of alkyl halides is 3. The second kappa shape index (κ2) is 10.4. The zero-order valence-electron chi connectivity index (χ0n) is 19.6. The molecule has 0 radical (unpaired) electrons. The fraction of sp³-hybridized carbons (Fsp3) is 0.400. The van der Waals surface area contributed by atoms with E-state index in [1.165, 1.54) is 6.07 Å². The molecule has 1 aromatic heterocycles. The maximum atomic E-state index is 13.7. The SMILES string of the molecule is CCOc1ccc(CNC(=O)C2CCN(c3nc4ccccc4nc3C(F)(F)F)CC2)cc1OC. The first-order chi connectivity index (χ1) is 16.8. The molecule has 1 N–H and O–H groups in total. The summed E-state index contributed by atoms with van der Waals surface area (Å²) < 4.78 is 52.0. The highest BCUT2D eigenvalue weighted by Crippen LogP contribution is 2.36. The molecular weight excluding hydrogens is 461 g/mol. The molecule has 0 bridgehead atoms. The molecule has 10 heteroatoms. The van der Waals surface area contributed by atoms with E-state index in [2.05, 4.69) is 15.3 Å². The van der Waals surface area contributed by atoms with Gasteiger partial charge in [0.05, 0.1) is 24.8 Å². The summed E-state index contributed by atoms with van der Waals surface area (Å²) in [7, 11) is 1.55. The molecular formula is C25H27F3N4O3. The van der Waals surface area contributed by atoms with Crippen LogP contribution in [0.15, 0.2) is 42.5 Å². The molecule has 1 amide bonds. The lowest BCUT2D eigenvalue weighted by molar-refractivity contribution is -0.140. The van der Waals surface area contributed by atoms with Gasteiger partial charge in [-0.1, -0.05) is 18.2 Å². The number of piperidine rings is 1. The third kappa shape index (κ3) is 5.58. The van der Waals surface area contributed by atoms with Gasteiger partial charge in [-0.25, -0.2) is 9.97 Å². The normalized spacial score (nSPS) is 14.7. The number of halogens is 3. The molecule has 0 unspecified atom stereocenters. The molecule has 186 valence electrons. The van der Waals surface area contributed by atoms with E-state index in [1.807, 2.05) is 19.1 Å². The number of benzene rings is 2. The zero-order valence-corrected chi connectivity index (χ0v) is 19.6. The summed E-state index contributed by atoms with van der Waals surface area (Å²) in [5.74, 6) is 0.615. The summed E-state index contributed by atoms with van der Waals surface area (Å²) in [5, 5.41) is 2.92. The number of aromatic nitrogens is 2. The monoisotopic (exact) mass is 488 g/mol. The Morgan fingerprint density at radius 3 is 2.40 bits per heavy atom. The third-order valence-electron chi connectivity index (χ3n) is 5.98. The van der Waals surface area contributed by atoms with Crippen molar-refractivity contribution >= 4 is 22.8 Å². The number of nitrogens with zero attached hydrogens (tertiary/aromatic N) is 3. The topological polar surface area (TPSA) is 76.6 Å². The molecule has 2 heterocycles. The number of hydrogen-bond donors (Lipinski definition) is 1. The van der Waals surface area contributed by atoms with Crippen LogP contribution in [0, 0.1) is 5.92 Å². The number of carbonyl (C=O) groups excluding carboxylic acids is 1.